The van der Waals surface area contributed by atoms with Crippen LogP contribution in [0.15, 0.2) is 18.2 Å². The molecule has 1 aromatic carbocycles. The van der Waals surface area contributed by atoms with E-state index in [0.29, 0.717) is 30.2 Å². The Balaban J connectivity index is 1.42. The number of hydrogen-bond acceptors (Lipinski definition) is 4. The number of carbonyl (C=O) groups excluding carboxylic acids is 1. The molecule has 1 N–H and O–H groups in total. The molecule has 1 aliphatic carbocycles. The summed E-state index contributed by atoms with van der Waals surface area (Å²) in [5.74, 6) is 2.98. The maximum absolute atomic E-state index is 12.8. The molecule has 3 aliphatic rings. The molecule has 2 atom stereocenters. The van der Waals surface area contributed by atoms with Crippen LogP contribution in [0.1, 0.15) is 64.9 Å². The van der Waals surface area contributed by atoms with Crippen molar-refractivity contribution in [2.45, 2.75) is 64.7 Å². The third kappa shape index (κ3) is 4.71. The second-order valence-corrected chi connectivity index (χ2v) is 10.2. The molecule has 0 aromatic heterocycles. The first-order chi connectivity index (χ1) is 13.9. The van der Waals surface area contributed by atoms with Crippen LogP contribution in [0, 0.1) is 17.3 Å². The van der Waals surface area contributed by atoms with Gasteiger partial charge in [-0.15, -0.1) is 0 Å². The van der Waals surface area contributed by atoms with Crippen molar-refractivity contribution in [2.75, 3.05) is 26.6 Å². The molecule has 2 fully saturated rings. The molecule has 1 saturated carbocycles. The first-order valence-corrected chi connectivity index (χ1v) is 11.1. The summed E-state index contributed by atoms with van der Waals surface area (Å²) >= 11 is 0. The van der Waals surface area contributed by atoms with Crippen molar-refractivity contribution in [3.05, 3.63) is 23.8 Å². The lowest BCUT2D eigenvalue weighted by Gasteiger charge is -2.40. The monoisotopic (exact) mass is 401 g/mol. The fraction of sp³-hybridized carbons (Fsp3) is 0.708. The molecule has 1 aromatic rings. The lowest BCUT2D eigenvalue weighted by Crippen LogP contribution is -2.45. The van der Waals surface area contributed by atoms with Gasteiger partial charge in [0.1, 0.15) is 0 Å². The Morgan fingerprint density at radius 2 is 1.90 bits per heavy atom. The molecular formula is C24H35NO4. The molecule has 160 valence electrons. The first-order valence-electron chi connectivity index (χ1n) is 11.1. The van der Waals surface area contributed by atoms with Crippen molar-refractivity contribution in [2.24, 2.45) is 17.3 Å². The van der Waals surface area contributed by atoms with Crippen molar-refractivity contribution >= 4 is 5.91 Å². The molecule has 0 radical (unpaired) electrons. The number of ether oxygens (including phenoxy) is 3. The standard InChI is InChI=1S/C24H35NO4/c1-17-10-18(14-23(2,3)13-17)11-22(26)25-15-24(6-8-27-9-7-24)19-4-5-20-21(12-19)29-16-28-20/h4-5,12,17-18H,6-11,13-16H2,1-3H3,(H,25,26). The van der Waals surface area contributed by atoms with Crippen LogP contribution in [0.4, 0.5) is 0 Å². The van der Waals surface area contributed by atoms with Gasteiger partial charge < -0.3 is 19.5 Å². The summed E-state index contributed by atoms with van der Waals surface area (Å²) < 4.78 is 16.7. The largest absolute Gasteiger partial charge is 0.454 e. The van der Waals surface area contributed by atoms with Gasteiger partial charge >= 0.3 is 0 Å². The Morgan fingerprint density at radius 3 is 2.66 bits per heavy atom. The van der Waals surface area contributed by atoms with Gasteiger partial charge in [-0.05, 0) is 67.1 Å². The van der Waals surface area contributed by atoms with E-state index in [0.717, 1.165) is 50.4 Å². The average molecular weight is 402 g/mol. The molecule has 4 rings (SSSR count). The van der Waals surface area contributed by atoms with E-state index in [1.54, 1.807) is 0 Å². The van der Waals surface area contributed by atoms with Gasteiger partial charge in [-0.25, -0.2) is 0 Å². The summed E-state index contributed by atoms with van der Waals surface area (Å²) in [6.45, 7) is 9.37. The van der Waals surface area contributed by atoms with Gasteiger partial charge in [0.25, 0.3) is 0 Å². The number of rotatable bonds is 5. The molecule has 2 unspecified atom stereocenters. The van der Waals surface area contributed by atoms with Crippen molar-refractivity contribution in [1.29, 1.82) is 0 Å². The molecule has 2 aliphatic heterocycles. The van der Waals surface area contributed by atoms with E-state index in [1.165, 1.54) is 12.0 Å². The van der Waals surface area contributed by atoms with Crippen LogP contribution in [0.3, 0.4) is 0 Å². The molecule has 5 heteroatoms. The summed E-state index contributed by atoms with van der Waals surface area (Å²) in [6.07, 6.45) is 6.02. The van der Waals surface area contributed by atoms with Crippen LogP contribution in [0.25, 0.3) is 0 Å². The number of benzene rings is 1. The normalized spacial score (nSPS) is 27.4. The number of amides is 1. The highest BCUT2D eigenvalue weighted by Crippen LogP contribution is 2.43. The minimum absolute atomic E-state index is 0.103. The van der Waals surface area contributed by atoms with Crippen LogP contribution in [-0.2, 0) is 14.9 Å². The predicted octanol–water partition coefficient (Wildman–Crippen LogP) is 4.43. The van der Waals surface area contributed by atoms with Gasteiger partial charge in [0.2, 0.25) is 12.7 Å². The summed E-state index contributed by atoms with van der Waals surface area (Å²) in [5.41, 5.74) is 1.45. The zero-order valence-electron chi connectivity index (χ0n) is 18.1. The minimum Gasteiger partial charge on any atom is -0.454 e. The molecule has 0 spiro atoms. The maximum atomic E-state index is 12.8. The molecule has 29 heavy (non-hydrogen) atoms. The zero-order chi connectivity index (χ0) is 20.5. The van der Waals surface area contributed by atoms with E-state index in [4.69, 9.17) is 14.2 Å². The fourth-order valence-electron chi connectivity index (χ4n) is 5.86. The number of hydrogen-bond donors (Lipinski definition) is 1. The van der Waals surface area contributed by atoms with E-state index < -0.39 is 0 Å². The Hall–Kier alpha value is -1.75. The highest BCUT2D eigenvalue weighted by molar-refractivity contribution is 5.76. The Kier molecular flexibility index (Phi) is 5.78. The highest BCUT2D eigenvalue weighted by Gasteiger charge is 2.37. The van der Waals surface area contributed by atoms with Crippen molar-refractivity contribution in [3.63, 3.8) is 0 Å². The average Bonchev–Trinajstić information content (AvgIpc) is 3.13. The third-order valence-corrected chi connectivity index (χ3v) is 7.01. The van der Waals surface area contributed by atoms with E-state index >= 15 is 0 Å². The third-order valence-electron chi connectivity index (χ3n) is 7.01. The lowest BCUT2D eigenvalue weighted by atomic mass is 9.67. The first kappa shape index (κ1) is 20.5. The van der Waals surface area contributed by atoms with E-state index in [1.807, 2.05) is 6.07 Å². The molecule has 5 nitrogen and oxygen atoms in total. The van der Waals surface area contributed by atoms with E-state index in [-0.39, 0.29) is 18.1 Å². The molecular weight excluding hydrogens is 366 g/mol. The van der Waals surface area contributed by atoms with Crippen LogP contribution in [-0.4, -0.2) is 32.5 Å². The Bertz CT molecular complexity index is 738. The van der Waals surface area contributed by atoms with Gasteiger partial charge in [0.15, 0.2) is 11.5 Å². The van der Waals surface area contributed by atoms with Gasteiger partial charge in [0.05, 0.1) is 0 Å². The van der Waals surface area contributed by atoms with Gasteiger partial charge in [-0.1, -0.05) is 26.8 Å². The number of nitrogens with one attached hydrogen (secondary N) is 1. The summed E-state index contributed by atoms with van der Waals surface area (Å²) in [4.78, 5) is 12.8. The molecule has 0 bridgehead atoms. The van der Waals surface area contributed by atoms with Crippen molar-refractivity contribution in [3.8, 4) is 11.5 Å². The molecule has 1 amide bonds. The van der Waals surface area contributed by atoms with Crippen molar-refractivity contribution < 1.29 is 19.0 Å². The smallest absolute Gasteiger partial charge is 0.231 e. The van der Waals surface area contributed by atoms with Crippen LogP contribution < -0.4 is 14.8 Å². The topological polar surface area (TPSA) is 56.8 Å². The summed E-state index contributed by atoms with van der Waals surface area (Å²) in [7, 11) is 0. The zero-order valence-corrected chi connectivity index (χ0v) is 18.1. The van der Waals surface area contributed by atoms with Gasteiger partial charge in [0, 0.05) is 31.6 Å². The van der Waals surface area contributed by atoms with Crippen LogP contribution >= 0.6 is 0 Å². The predicted molar refractivity (Wildman–Crippen MR) is 112 cm³/mol. The Labute approximate surface area is 174 Å². The summed E-state index contributed by atoms with van der Waals surface area (Å²) in [5, 5.41) is 3.28. The van der Waals surface area contributed by atoms with Crippen molar-refractivity contribution in [1.82, 2.24) is 5.32 Å². The fourth-order valence-corrected chi connectivity index (χ4v) is 5.86. The minimum atomic E-state index is -0.103. The summed E-state index contributed by atoms with van der Waals surface area (Å²) in [6, 6.07) is 6.20. The Morgan fingerprint density at radius 1 is 1.14 bits per heavy atom. The molecule has 1 saturated heterocycles. The van der Waals surface area contributed by atoms with Gasteiger partial charge in [-0.2, -0.15) is 0 Å². The van der Waals surface area contributed by atoms with E-state index in [9.17, 15) is 4.79 Å². The second-order valence-electron chi connectivity index (χ2n) is 10.2. The SMILES string of the molecule is CC1CC(CC(=O)NCC2(c3ccc4c(c3)OCO4)CCOCC2)CC(C)(C)C1. The number of carbonyl (C=O) groups is 1. The van der Waals surface area contributed by atoms with Gasteiger partial charge in [-0.3, -0.25) is 4.79 Å². The van der Waals surface area contributed by atoms with Crippen LogP contribution in [0.5, 0.6) is 11.5 Å². The molecule has 2 heterocycles. The quantitative estimate of drug-likeness (QED) is 0.793. The van der Waals surface area contributed by atoms with Crippen LogP contribution in [0.2, 0.25) is 0 Å². The van der Waals surface area contributed by atoms with E-state index in [2.05, 4.69) is 38.2 Å². The maximum Gasteiger partial charge on any atom is 0.231 e. The lowest BCUT2D eigenvalue weighted by molar-refractivity contribution is -0.123. The highest BCUT2D eigenvalue weighted by atomic mass is 16.7. The second kappa shape index (κ2) is 8.17. The number of fused-ring (bicyclic) bond motifs is 1.